The molecule has 14 heteroatoms. The van der Waals surface area contributed by atoms with Crippen molar-refractivity contribution < 1.29 is 41.9 Å². The third-order valence-corrected chi connectivity index (χ3v) is 10.6. The van der Waals surface area contributed by atoms with E-state index in [1.807, 2.05) is 19.2 Å². The summed E-state index contributed by atoms with van der Waals surface area (Å²) >= 11 is 0. The smallest absolute Gasteiger partial charge is 0.346 e. The van der Waals surface area contributed by atoms with Crippen molar-refractivity contribution in [2.24, 2.45) is 34.5 Å². The molecule has 48 heavy (non-hydrogen) atoms. The molecule has 3 saturated carbocycles. The molecule has 4 fully saturated rings. The monoisotopic (exact) mass is 681 g/mol. The van der Waals surface area contributed by atoms with E-state index in [0.29, 0.717) is 25.7 Å². The number of ketones is 1. The molecule has 3 aliphatic carbocycles. The topological polar surface area (TPSA) is 154 Å². The normalized spacial score (nSPS) is 25.5. The van der Waals surface area contributed by atoms with Gasteiger partial charge in [0.2, 0.25) is 23.5 Å². The van der Waals surface area contributed by atoms with E-state index in [4.69, 9.17) is 0 Å². The average molecular weight is 682 g/mol. The van der Waals surface area contributed by atoms with Gasteiger partial charge in [0.05, 0.1) is 6.04 Å². The van der Waals surface area contributed by atoms with E-state index in [2.05, 4.69) is 22.5 Å². The first kappa shape index (κ1) is 37.4. The number of piperidine rings is 1. The Morgan fingerprint density at radius 2 is 1.56 bits per heavy atom. The van der Waals surface area contributed by atoms with E-state index >= 15 is 0 Å². The van der Waals surface area contributed by atoms with E-state index < -0.39 is 77.0 Å². The van der Waals surface area contributed by atoms with Crippen LogP contribution in [0.4, 0.5) is 13.2 Å². The molecule has 268 valence electrons. The van der Waals surface area contributed by atoms with Crippen molar-refractivity contribution in [1.29, 1.82) is 0 Å². The second-order valence-electron chi connectivity index (χ2n) is 15.6. The number of fused-ring (bicyclic) bond motifs is 1. The van der Waals surface area contributed by atoms with E-state index in [0.717, 1.165) is 19.3 Å². The number of carbonyl (C=O) groups is 6. The summed E-state index contributed by atoms with van der Waals surface area (Å²) in [7, 11) is 0. The number of likely N-dealkylation sites (tertiary alicyclic amines) is 1. The van der Waals surface area contributed by atoms with Gasteiger partial charge in [0.15, 0.2) is 0 Å². The van der Waals surface area contributed by atoms with Crippen LogP contribution in [-0.2, 0) is 28.8 Å². The molecule has 11 nitrogen and oxygen atoms in total. The van der Waals surface area contributed by atoms with Crippen molar-refractivity contribution >= 4 is 35.3 Å². The van der Waals surface area contributed by atoms with Crippen molar-refractivity contribution in [3.05, 3.63) is 12.7 Å². The molecule has 4 rings (SSSR count). The average Bonchev–Trinajstić information content (AvgIpc) is 3.86. The maximum atomic E-state index is 14.4. The zero-order valence-electron chi connectivity index (χ0n) is 28.5. The number of halogens is 3. The van der Waals surface area contributed by atoms with Crippen LogP contribution < -0.4 is 21.3 Å². The fraction of sp³-hybridized carbons (Fsp3) is 0.765. The van der Waals surface area contributed by atoms with Crippen LogP contribution in [0.25, 0.3) is 0 Å². The summed E-state index contributed by atoms with van der Waals surface area (Å²) < 4.78 is 39.8. The van der Waals surface area contributed by atoms with Crippen LogP contribution in [0.3, 0.4) is 0 Å². The van der Waals surface area contributed by atoms with Gasteiger partial charge in [-0.1, -0.05) is 72.8 Å². The lowest BCUT2D eigenvalue weighted by molar-refractivity contribution is -0.175. The molecule has 4 N–H and O–H groups in total. The summed E-state index contributed by atoms with van der Waals surface area (Å²) in [6.45, 7) is 12.9. The molecule has 0 aromatic heterocycles. The molecule has 4 aliphatic rings. The van der Waals surface area contributed by atoms with Crippen LogP contribution in [0.5, 0.6) is 0 Å². The molecule has 0 aromatic rings. The summed E-state index contributed by atoms with van der Waals surface area (Å²) in [6, 6.07) is -4.82. The quantitative estimate of drug-likeness (QED) is 0.173. The third-order valence-electron chi connectivity index (χ3n) is 10.6. The molecule has 3 unspecified atom stereocenters. The maximum Gasteiger partial charge on any atom is 0.471 e. The number of hydrogen-bond donors (Lipinski definition) is 4. The summed E-state index contributed by atoms with van der Waals surface area (Å²) in [5.41, 5.74) is -1.22. The number of alkyl halides is 3. The number of rotatable bonds is 13. The van der Waals surface area contributed by atoms with E-state index in [1.165, 1.54) is 11.0 Å². The highest BCUT2D eigenvalue weighted by molar-refractivity contribution is 6.38. The summed E-state index contributed by atoms with van der Waals surface area (Å²) in [5.74, 6) is -6.53. The van der Waals surface area contributed by atoms with E-state index in [1.54, 1.807) is 20.8 Å². The van der Waals surface area contributed by atoms with Gasteiger partial charge in [0, 0.05) is 13.1 Å². The molecule has 1 saturated heterocycles. The molecule has 0 aromatic carbocycles. The molecular weight excluding hydrogens is 631 g/mol. The van der Waals surface area contributed by atoms with Crippen molar-refractivity contribution in [3.63, 3.8) is 0 Å². The lowest BCUT2D eigenvalue weighted by Gasteiger charge is -2.39. The van der Waals surface area contributed by atoms with Gasteiger partial charge in [-0.3, -0.25) is 28.8 Å². The molecular formula is C34H50F3N5O6. The first-order valence-corrected chi connectivity index (χ1v) is 17.0. The Balaban J connectivity index is 1.57. The van der Waals surface area contributed by atoms with Crippen LogP contribution in [0, 0.1) is 34.5 Å². The number of nitrogens with one attached hydrogen (secondary N) is 4. The zero-order valence-corrected chi connectivity index (χ0v) is 28.5. The number of Topliss-reactive ketones (excluding diaryl/α,β-unsaturated/α-hetero) is 1. The minimum Gasteiger partial charge on any atom is -0.346 e. The summed E-state index contributed by atoms with van der Waals surface area (Å²) in [5, 5.41) is 9.78. The molecule has 1 aliphatic heterocycles. The lowest BCUT2D eigenvalue weighted by atomic mass is 9.82. The lowest BCUT2D eigenvalue weighted by Crippen LogP contribution is -2.63. The second kappa shape index (κ2) is 14.2. The van der Waals surface area contributed by atoms with Gasteiger partial charge in [0.25, 0.3) is 5.91 Å². The summed E-state index contributed by atoms with van der Waals surface area (Å²) in [4.78, 5) is 81.1. The Morgan fingerprint density at radius 3 is 2.10 bits per heavy atom. The third kappa shape index (κ3) is 8.39. The first-order chi connectivity index (χ1) is 22.3. The van der Waals surface area contributed by atoms with Crippen molar-refractivity contribution in [3.8, 4) is 0 Å². The Bertz CT molecular complexity index is 1300. The maximum absolute atomic E-state index is 14.4. The van der Waals surface area contributed by atoms with Crippen LogP contribution in [0.15, 0.2) is 12.7 Å². The van der Waals surface area contributed by atoms with E-state index in [9.17, 15) is 41.9 Å². The molecule has 0 bridgehead atoms. The number of nitrogens with zero attached hydrogens (tertiary/aromatic N) is 1. The van der Waals surface area contributed by atoms with E-state index in [-0.39, 0.29) is 42.7 Å². The predicted molar refractivity (Wildman–Crippen MR) is 170 cm³/mol. The zero-order chi connectivity index (χ0) is 35.8. The molecule has 1 heterocycles. The highest BCUT2D eigenvalue weighted by Gasteiger charge is 2.70. The highest BCUT2D eigenvalue weighted by Crippen LogP contribution is 2.65. The van der Waals surface area contributed by atoms with Crippen LogP contribution in [-0.4, -0.2) is 83.7 Å². The fourth-order valence-corrected chi connectivity index (χ4v) is 7.53. The largest absolute Gasteiger partial charge is 0.471 e. The Hall–Kier alpha value is -3.45. The minimum atomic E-state index is -5.19. The fourth-order valence-electron chi connectivity index (χ4n) is 7.53. The highest BCUT2D eigenvalue weighted by atomic mass is 19.4. The second-order valence-corrected chi connectivity index (χ2v) is 15.6. The van der Waals surface area contributed by atoms with Gasteiger partial charge >= 0.3 is 12.1 Å². The van der Waals surface area contributed by atoms with Gasteiger partial charge in [-0.05, 0) is 53.8 Å². The van der Waals surface area contributed by atoms with Crippen molar-refractivity contribution in [2.75, 3.05) is 13.1 Å². The van der Waals surface area contributed by atoms with Crippen molar-refractivity contribution in [2.45, 2.75) is 116 Å². The van der Waals surface area contributed by atoms with Gasteiger partial charge in [-0.25, -0.2) is 0 Å². The number of hydrogen-bond acceptors (Lipinski definition) is 6. The van der Waals surface area contributed by atoms with Gasteiger partial charge in [-0.2, -0.15) is 13.2 Å². The molecule has 5 amide bonds. The standard InChI is InChI=1S/C34H50F3N5O6/c1-7-15-38-29(46)25(43)21(16-18-13-14-18)39-28(45)24-22-20(33(22,5)6)17-42(24)30(47)26(32(2,3)4)41-27(44)23(19-11-9-8-10-12-19)40-31(48)34(35,36)37/h7,18-24,26H,1,8-17H2,2-6H3,(H,38,46)(H,39,45)(H,40,48)(H,41,44)/t20?,21?,22?,23-,24-,26+/m0/s1. The van der Waals surface area contributed by atoms with Crippen LogP contribution >= 0.6 is 0 Å². The summed E-state index contributed by atoms with van der Waals surface area (Å²) in [6.07, 6.45) is 1.43. The first-order valence-electron chi connectivity index (χ1n) is 17.0. The van der Waals surface area contributed by atoms with Crippen LogP contribution in [0.2, 0.25) is 0 Å². The van der Waals surface area contributed by atoms with Crippen LogP contribution in [0.1, 0.15) is 86.0 Å². The predicted octanol–water partition coefficient (Wildman–Crippen LogP) is 2.78. The minimum absolute atomic E-state index is 0.0388. The Morgan fingerprint density at radius 1 is 0.938 bits per heavy atom. The van der Waals surface area contributed by atoms with Crippen molar-refractivity contribution in [1.82, 2.24) is 26.2 Å². The molecule has 0 radical (unpaired) electrons. The Kier molecular flexibility index (Phi) is 11.0. The SMILES string of the molecule is C=CCNC(=O)C(=O)C(CC1CC1)NC(=O)[C@@H]1C2C(CN1C(=O)[C@@H](NC(=O)[C@@H](NC(=O)C(F)(F)F)C1CCCCC1)C(C)(C)C)C2(C)C. The van der Waals surface area contributed by atoms with Gasteiger partial charge < -0.3 is 26.2 Å². The van der Waals surface area contributed by atoms with Gasteiger partial charge in [0.1, 0.15) is 18.1 Å². The number of amides is 5. The van der Waals surface area contributed by atoms with Gasteiger partial charge in [-0.15, -0.1) is 6.58 Å². The molecule has 0 spiro atoms. The number of carbonyl (C=O) groups excluding carboxylic acids is 6. The Labute approximate surface area is 279 Å². The molecule has 6 atom stereocenters.